The van der Waals surface area contributed by atoms with E-state index in [9.17, 15) is 0 Å². The van der Waals surface area contributed by atoms with E-state index in [1.807, 2.05) is 0 Å². The number of rotatable bonds is 5. The molecule has 1 N–H and O–H groups in total. The quantitative estimate of drug-likeness (QED) is 0.742. The zero-order valence-electron chi connectivity index (χ0n) is 14.7. The molecule has 0 aromatic rings. The van der Waals surface area contributed by atoms with E-state index >= 15 is 0 Å². The normalized spacial score (nSPS) is 16.9. The molecule has 0 saturated carbocycles. The number of nitrogens with one attached hydrogen (secondary N) is 1. The van der Waals surface area contributed by atoms with Gasteiger partial charge < -0.3 is 0 Å². The molecule has 0 fully saturated rings. The van der Waals surface area contributed by atoms with Gasteiger partial charge in [0.25, 0.3) is 0 Å². The summed E-state index contributed by atoms with van der Waals surface area (Å²) in [4.78, 5) is 0. The molecule has 5 heteroatoms. The van der Waals surface area contributed by atoms with Gasteiger partial charge in [-0.05, 0) is 0 Å². The molecule has 0 bridgehead atoms. The summed E-state index contributed by atoms with van der Waals surface area (Å²) in [6.07, 6.45) is 3.59. The first-order valence-corrected chi connectivity index (χ1v) is 13.0. The van der Waals surface area contributed by atoms with Crippen LogP contribution in [0.5, 0.6) is 0 Å². The van der Waals surface area contributed by atoms with Gasteiger partial charge in [0.2, 0.25) is 0 Å². The Balaban J connectivity index is 3.16. The van der Waals surface area contributed by atoms with Crippen LogP contribution >= 0.6 is 0 Å². The van der Waals surface area contributed by atoms with Gasteiger partial charge in [-0.25, -0.2) is 0 Å². The first kappa shape index (κ1) is 18.2. The van der Waals surface area contributed by atoms with Crippen molar-refractivity contribution in [2.24, 2.45) is 0 Å². The molecule has 20 heavy (non-hydrogen) atoms. The van der Waals surface area contributed by atoms with Gasteiger partial charge in [0.15, 0.2) is 0 Å². The maximum absolute atomic E-state index is 3.74. The molecule has 1 rings (SSSR count). The summed E-state index contributed by atoms with van der Waals surface area (Å²) in [7, 11) is 8.17. The number of nitrogens with zero attached hydrogens (tertiary/aromatic N) is 2. The molecule has 1 aliphatic rings. The van der Waals surface area contributed by atoms with Gasteiger partial charge in [0.05, 0.1) is 0 Å². The minimum atomic E-state index is -1.51. The molecule has 3 nitrogen and oxygen atoms in total. The molecule has 117 valence electrons. The number of allylic oxidation sites excluding steroid dienone is 3. The Labute approximate surface area is 133 Å². The summed E-state index contributed by atoms with van der Waals surface area (Å²) >= 11 is -1.51. The first-order valence-electron chi connectivity index (χ1n) is 7.35. The number of hydrogen-bond acceptors (Lipinski definition) is 3. The molecule has 0 atom stereocenters. The Morgan fingerprint density at radius 3 is 1.95 bits per heavy atom. The predicted octanol–water partition coefficient (Wildman–Crippen LogP) is 2.51. The minimum absolute atomic E-state index is 0.145. The summed E-state index contributed by atoms with van der Waals surface area (Å²) in [6, 6.07) is 0. The molecule has 0 heterocycles. The molecule has 0 aromatic carbocycles. The van der Waals surface area contributed by atoms with Crippen LogP contribution in [0.1, 0.15) is 27.2 Å². The summed E-state index contributed by atoms with van der Waals surface area (Å²) in [6.45, 7) is 11.7. The van der Waals surface area contributed by atoms with Crippen LogP contribution in [0.25, 0.3) is 0 Å². The van der Waals surface area contributed by atoms with Crippen molar-refractivity contribution in [3.05, 3.63) is 20.9 Å². The zero-order valence-corrected chi connectivity index (χ0v) is 17.8. The second-order valence-electron chi connectivity index (χ2n) is 7.08. The molecule has 0 spiro atoms. The van der Waals surface area contributed by atoms with Crippen LogP contribution in [0.4, 0.5) is 0 Å². The Bertz CT molecular complexity index is 398. The molecule has 0 radical (unpaired) electrons. The zero-order chi connectivity index (χ0) is 15.7. The van der Waals surface area contributed by atoms with Crippen LogP contribution in [0.2, 0.25) is 13.1 Å². The van der Waals surface area contributed by atoms with E-state index < -0.39 is 26.6 Å². The second-order valence-corrected chi connectivity index (χ2v) is 16.1. The van der Waals surface area contributed by atoms with Crippen LogP contribution in [-0.2, 0) is 17.8 Å². The Morgan fingerprint density at radius 1 is 1.10 bits per heavy atom. The molecule has 0 saturated heterocycles. The third-order valence-electron chi connectivity index (χ3n) is 3.08. The van der Waals surface area contributed by atoms with Gasteiger partial charge in [-0.15, -0.1) is 0 Å². The van der Waals surface area contributed by atoms with E-state index in [0.717, 1.165) is 6.42 Å². The Morgan fingerprint density at radius 2 is 1.60 bits per heavy atom. The monoisotopic (exact) mass is 380 g/mol. The van der Waals surface area contributed by atoms with Gasteiger partial charge in [0.1, 0.15) is 0 Å². The van der Waals surface area contributed by atoms with Crippen molar-refractivity contribution in [2.45, 2.75) is 45.8 Å². The topological polar surface area (TPSA) is 18.5 Å². The average Bonchev–Trinajstić information content (AvgIpc) is 2.57. The molecule has 0 aromatic heterocycles. The van der Waals surface area contributed by atoms with E-state index in [1.54, 1.807) is 9.16 Å². The van der Waals surface area contributed by atoms with Crippen LogP contribution in [-0.4, -0.2) is 49.4 Å². The Kier molecular flexibility index (Phi) is 6.27. The van der Waals surface area contributed by atoms with Crippen molar-refractivity contribution in [2.75, 3.05) is 28.2 Å². The van der Waals surface area contributed by atoms with Gasteiger partial charge in [0, 0.05) is 0 Å². The van der Waals surface area contributed by atoms with E-state index in [-0.39, 0.29) is 5.54 Å². The van der Waals surface area contributed by atoms with Crippen molar-refractivity contribution in [3.8, 4) is 0 Å². The summed E-state index contributed by atoms with van der Waals surface area (Å²) < 4.78 is 6.74. The SMILES string of the molecule is C[N](C)[Mo]([C]1=C([SiH](C)C)C(NC(C)(C)C)=CC1)[N](C)C. The van der Waals surface area contributed by atoms with Crippen LogP contribution in [0.3, 0.4) is 0 Å². The molecule has 1 aliphatic carbocycles. The van der Waals surface area contributed by atoms with Gasteiger partial charge in [-0.1, -0.05) is 0 Å². The summed E-state index contributed by atoms with van der Waals surface area (Å²) in [5.74, 6) is 0. The van der Waals surface area contributed by atoms with Crippen molar-refractivity contribution >= 4 is 8.80 Å². The maximum atomic E-state index is 3.74. The summed E-state index contributed by atoms with van der Waals surface area (Å²) in [5.41, 5.74) is 1.58. The Hall–Kier alpha value is 0.105. The van der Waals surface area contributed by atoms with Crippen molar-refractivity contribution in [1.82, 2.24) is 12.2 Å². The van der Waals surface area contributed by atoms with Gasteiger partial charge >= 0.3 is 134 Å². The van der Waals surface area contributed by atoms with E-state index in [1.165, 1.54) is 5.70 Å². The van der Waals surface area contributed by atoms with Crippen LogP contribution in [0, 0.1) is 0 Å². The summed E-state index contributed by atoms with van der Waals surface area (Å²) in [5, 5.41) is 5.45. The first-order chi connectivity index (χ1) is 9.04. The predicted molar refractivity (Wildman–Crippen MR) is 88.9 cm³/mol. The third kappa shape index (κ3) is 4.55. The van der Waals surface area contributed by atoms with Crippen molar-refractivity contribution in [1.29, 1.82) is 0 Å². The number of hydrogen-bond donors (Lipinski definition) is 1. The van der Waals surface area contributed by atoms with E-state index in [2.05, 4.69) is 80.4 Å². The van der Waals surface area contributed by atoms with Crippen molar-refractivity contribution in [3.63, 3.8) is 0 Å². The fourth-order valence-corrected chi connectivity index (χ4v) is 11.7. The van der Waals surface area contributed by atoms with Gasteiger partial charge in [-0.3, -0.25) is 0 Å². The second kappa shape index (κ2) is 6.91. The van der Waals surface area contributed by atoms with Gasteiger partial charge in [-0.2, -0.15) is 0 Å². The third-order valence-corrected chi connectivity index (χ3v) is 10.9. The van der Waals surface area contributed by atoms with Crippen LogP contribution in [0.15, 0.2) is 20.9 Å². The molecule has 0 unspecified atom stereocenters. The standard InChI is InChI=1S/C11H20NSi.2C2H6N.Mo/c1-11(2,3)12-9-7-6-8-10(9)13(4)5;2*1-3-2;/h7,12-13H,6H2,1-5H3;2*1-2H3;/q;2*-1;+2. The molecule has 0 amide bonds. The molecular formula is C15H32MoN3Si. The van der Waals surface area contributed by atoms with Crippen LogP contribution < -0.4 is 5.32 Å². The average molecular weight is 378 g/mol. The van der Waals surface area contributed by atoms with E-state index in [0.29, 0.717) is 0 Å². The molecule has 0 aliphatic heterocycles. The van der Waals surface area contributed by atoms with E-state index in [4.69, 9.17) is 0 Å². The fourth-order valence-electron chi connectivity index (χ4n) is 2.66. The fraction of sp³-hybridized carbons (Fsp3) is 0.733. The van der Waals surface area contributed by atoms with Crippen molar-refractivity contribution < 1.29 is 17.8 Å². The molecular weight excluding hydrogens is 346 g/mol.